The van der Waals surface area contributed by atoms with E-state index < -0.39 is 0 Å². The average Bonchev–Trinajstić information content (AvgIpc) is 2.94. The van der Waals surface area contributed by atoms with Gasteiger partial charge in [-0.15, -0.1) is 0 Å². The number of piperidine rings is 1. The van der Waals surface area contributed by atoms with E-state index in [1.54, 1.807) is 11.3 Å². The maximum Gasteiger partial charge on any atom is 0.186 e. The zero-order valence-corrected chi connectivity index (χ0v) is 13.9. The number of hydrogen-bond acceptors (Lipinski definition) is 5. The average molecular weight is 320 g/mol. The fraction of sp³-hybridized carbons (Fsp3) is 0.588. The topological polar surface area (TPSA) is 56.6 Å². The number of hydrogen-bond donors (Lipinski definition) is 2. The summed E-state index contributed by atoms with van der Waals surface area (Å²) in [5.41, 5.74) is 2.45. The molecule has 4 nitrogen and oxygen atoms in total. The fourth-order valence-electron chi connectivity index (χ4n) is 3.48. The minimum absolute atomic E-state index is 0.104. The van der Waals surface area contributed by atoms with E-state index in [2.05, 4.69) is 30.0 Å². The molecule has 1 aromatic carbocycles. The lowest BCUT2D eigenvalue weighted by Crippen LogP contribution is -2.41. The van der Waals surface area contributed by atoms with E-state index >= 15 is 0 Å². The highest BCUT2D eigenvalue weighted by Crippen LogP contribution is 2.40. The Kier molecular flexibility index (Phi) is 4.66. The number of rotatable bonds is 5. The highest BCUT2D eigenvalue weighted by Gasteiger charge is 2.34. The summed E-state index contributed by atoms with van der Waals surface area (Å²) in [6.07, 6.45) is 3.62. The standard InChI is InChI=1S/C17H24N2O2S/c1-13-3-2-4-14-15(13)18-16(22-14)19-9-5-17(6-10-19,7-11-20)8-12-21/h2-4,20-21H,5-12H2,1H3. The second kappa shape index (κ2) is 6.52. The number of aliphatic hydroxyl groups is 2. The second-order valence-electron chi connectivity index (χ2n) is 6.35. The van der Waals surface area contributed by atoms with Crippen molar-refractivity contribution < 1.29 is 10.2 Å². The lowest BCUT2D eigenvalue weighted by Gasteiger charge is -2.41. The Morgan fingerprint density at radius 3 is 2.45 bits per heavy atom. The molecule has 0 bridgehead atoms. The highest BCUT2D eigenvalue weighted by atomic mass is 32.1. The molecule has 1 fully saturated rings. The van der Waals surface area contributed by atoms with Gasteiger partial charge in [0, 0.05) is 26.3 Å². The van der Waals surface area contributed by atoms with Crippen LogP contribution in [0, 0.1) is 12.3 Å². The molecule has 1 aliphatic rings. The normalized spacial score (nSPS) is 18.0. The van der Waals surface area contributed by atoms with Crippen molar-refractivity contribution in [1.82, 2.24) is 4.98 Å². The predicted molar refractivity (Wildman–Crippen MR) is 91.6 cm³/mol. The number of anilines is 1. The number of benzene rings is 1. The van der Waals surface area contributed by atoms with E-state index in [1.807, 2.05) is 0 Å². The first-order valence-corrected chi connectivity index (χ1v) is 8.82. The molecule has 1 saturated heterocycles. The van der Waals surface area contributed by atoms with Crippen molar-refractivity contribution in [3.05, 3.63) is 23.8 Å². The Balaban J connectivity index is 1.76. The summed E-state index contributed by atoms with van der Waals surface area (Å²) < 4.78 is 1.25. The molecule has 2 N–H and O–H groups in total. The van der Waals surface area contributed by atoms with Crippen LogP contribution in [0.15, 0.2) is 18.2 Å². The van der Waals surface area contributed by atoms with E-state index in [-0.39, 0.29) is 18.6 Å². The molecule has 0 radical (unpaired) electrons. The molecule has 1 aromatic heterocycles. The van der Waals surface area contributed by atoms with E-state index in [0.717, 1.165) is 49.4 Å². The Bertz CT molecular complexity index is 625. The quantitative estimate of drug-likeness (QED) is 0.889. The molecular formula is C17H24N2O2S. The summed E-state index contributed by atoms with van der Waals surface area (Å²) in [7, 11) is 0. The molecule has 120 valence electrons. The largest absolute Gasteiger partial charge is 0.396 e. The number of fused-ring (bicyclic) bond motifs is 1. The van der Waals surface area contributed by atoms with Crippen LogP contribution in [0.2, 0.25) is 0 Å². The van der Waals surface area contributed by atoms with Crippen LogP contribution >= 0.6 is 11.3 Å². The maximum absolute atomic E-state index is 9.31. The van der Waals surface area contributed by atoms with Crippen molar-refractivity contribution >= 4 is 26.7 Å². The van der Waals surface area contributed by atoms with Gasteiger partial charge in [0.1, 0.15) is 0 Å². The van der Waals surface area contributed by atoms with Crippen molar-refractivity contribution in [1.29, 1.82) is 0 Å². The third-order valence-electron chi connectivity index (χ3n) is 4.99. The van der Waals surface area contributed by atoms with Crippen molar-refractivity contribution in [2.24, 2.45) is 5.41 Å². The first kappa shape index (κ1) is 15.7. The molecule has 0 atom stereocenters. The van der Waals surface area contributed by atoms with Crippen molar-refractivity contribution in [3.8, 4) is 0 Å². The summed E-state index contributed by atoms with van der Waals surface area (Å²) in [6, 6.07) is 6.33. The molecule has 0 aliphatic carbocycles. The molecule has 0 spiro atoms. The minimum atomic E-state index is 0.104. The smallest absolute Gasteiger partial charge is 0.186 e. The first-order valence-electron chi connectivity index (χ1n) is 8.00. The van der Waals surface area contributed by atoms with Crippen molar-refractivity contribution in [2.45, 2.75) is 32.6 Å². The summed E-state index contributed by atoms with van der Waals surface area (Å²) in [4.78, 5) is 7.18. The first-order chi connectivity index (χ1) is 10.7. The van der Waals surface area contributed by atoms with Crippen LogP contribution in [-0.4, -0.2) is 41.5 Å². The number of aryl methyl sites for hydroxylation is 1. The molecule has 0 unspecified atom stereocenters. The van der Waals surface area contributed by atoms with E-state index in [1.165, 1.54) is 10.3 Å². The molecule has 22 heavy (non-hydrogen) atoms. The van der Waals surface area contributed by atoms with Crippen LogP contribution in [-0.2, 0) is 0 Å². The number of para-hydroxylation sites is 1. The van der Waals surface area contributed by atoms with Gasteiger partial charge in [0.25, 0.3) is 0 Å². The van der Waals surface area contributed by atoms with Crippen LogP contribution in [0.1, 0.15) is 31.2 Å². The van der Waals surface area contributed by atoms with Crippen LogP contribution in [0.3, 0.4) is 0 Å². The van der Waals surface area contributed by atoms with Crippen LogP contribution in [0.25, 0.3) is 10.2 Å². The van der Waals surface area contributed by atoms with Gasteiger partial charge in [0.15, 0.2) is 5.13 Å². The molecule has 5 heteroatoms. The lowest BCUT2D eigenvalue weighted by molar-refractivity contribution is 0.106. The van der Waals surface area contributed by atoms with Gasteiger partial charge < -0.3 is 15.1 Å². The van der Waals surface area contributed by atoms with Crippen LogP contribution in [0.5, 0.6) is 0 Å². The number of aliphatic hydroxyl groups excluding tert-OH is 2. The highest BCUT2D eigenvalue weighted by molar-refractivity contribution is 7.22. The molecule has 3 rings (SSSR count). The Labute approximate surface area is 135 Å². The van der Waals surface area contributed by atoms with Crippen molar-refractivity contribution in [2.75, 3.05) is 31.2 Å². The van der Waals surface area contributed by atoms with Crippen molar-refractivity contribution in [3.63, 3.8) is 0 Å². The van der Waals surface area contributed by atoms with Gasteiger partial charge in [0.05, 0.1) is 10.2 Å². The number of aromatic nitrogens is 1. The molecule has 0 amide bonds. The van der Waals surface area contributed by atoms with E-state index in [0.29, 0.717) is 0 Å². The molecular weight excluding hydrogens is 296 g/mol. The zero-order chi connectivity index (χ0) is 15.6. The lowest BCUT2D eigenvalue weighted by atomic mass is 9.73. The summed E-state index contributed by atoms with van der Waals surface area (Å²) in [5, 5.41) is 19.7. The fourth-order valence-corrected chi connectivity index (χ4v) is 4.58. The molecule has 1 aliphatic heterocycles. The Morgan fingerprint density at radius 2 is 1.86 bits per heavy atom. The molecule has 2 heterocycles. The monoisotopic (exact) mass is 320 g/mol. The van der Waals surface area contributed by atoms with Gasteiger partial charge >= 0.3 is 0 Å². The summed E-state index contributed by atoms with van der Waals surface area (Å²) in [5.74, 6) is 0. The maximum atomic E-state index is 9.31. The third kappa shape index (κ3) is 2.98. The van der Waals surface area contributed by atoms with Gasteiger partial charge in [-0.1, -0.05) is 23.5 Å². The number of nitrogens with zero attached hydrogens (tertiary/aromatic N) is 2. The Morgan fingerprint density at radius 1 is 1.18 bits per heavy atom. The third-order valence-corrected chi connectivity index (χ3v) is 6.07. The molecule has 2 aromatic rings. The number of thiazole rings is 1. The van der Waals surface area contributed by atoms with Crippen LogP contribution < -0.4 is 4.90 Å². The van der Waals surface area contributed by atoms with Gasteiger partial charge in [0.2, 0.25) is 0 Å². The van der Waals surface area contributed by atoms with Gasteiger partial charge in [-0.3, -0.25) is 0 Å². The van der Waals surface area contributed by atoms with Gasteiger partial charge in [-0.2, -0.15) is 0 Å². The SMILES string of the molecule is Cc1cccc2sc(N3CCC(CCO)(CCO)CC3)nc12. The molecule has 0 saturated carbocycles. The van der Waals surface area contributed by atoms with Gasteiger partial charge in [-0.25, -0.2) is 4.98 Å². The minimum Gasteiger partial charge on any atom is -0.396 e. The zero-order valence-electron chi connectivity index (χ0n) is 13.1. The van der Waals surface area contributed by atoms with Crippen LogP contribution in [0.4, 0.5) is 5.13 Å². The second-order valence-corrected chi connectivity index (χ2v) is 7.36. The summed E-state index contributed by atoms with van der Waals surface area (Å²) in [6.45, 7) is 4.44. The Hall–Kier alpha value is -1.17. The van der Waals surface area contributed by atoms with E-state index in [4.69, 9.17) is 4.98 Å². The predicted octanol–water partition coefficient (Wildman–Crippen LogP) is 2.96. The van der Waals surface area contributed by atoms with Gasteiger partial charge in [-0.05, 0) is 49.7 Å². The van der Waals surface area contributed by atoms with E-state index in [9.17, 15) is 10.2 Å². The summed E-state index contributed by atoms with van der Waals surface area (Å²) >= 11 is 1.76.